The Morgan fingerprint density at radius 2 is 2.11 bits per heavy atom. The molecule has 1 N–H and O–H groups in total. The molecule has 7 heteroatoms. The Morgan fingerprint density at radius 3 is 2.58 bits per heavy atom. The summed E-state index contributed by atoms with van der Waals surface area (Å²) >= 11 is 0. The van der Waals surface area contributed by atoms with Gasteiger partial charge in [-0.1, -0.05) is 6.42 Å². The lowest BCUT2D eigenvalue weighted by atomic mass is 10.1. The van der Waals surface area contributed by atoms with E-state index in [-0.39, 0.29) is 19.0 Å². The molecule has 0 aromatic rings. The Bertz CT molecular complexity index is 467. The Kier molecular flexibility index (Phi) is 5.32. The number of nitriles is 1. The minimum atomic E-state index is -3.67. The van der Waals surface area contributed by atoms with Gasteiger partial charge in [-0.25, -0.2) is 8.42 Å². The van der Waals surface area contributed by atoms with Gasteiger partial charge in [0.05, 0.1) is 17.2 Å². The first kappa shape index (κ1) is 15.9. The van der Waals surface area contributed by atoms with E-state index in [2.05, 4.69) is 0 Å². The molecule has 0 bridgehead atoms. The fourth-order valence-corrected chi connectivity index (χ4v) is 4.99. The molecule has 1 aliphatic carbocycles. The smallest absolute Gasteiger partial charge is 0.307 e. The fraction of sp³-hybridized carbons (Fsp3) is 0.833. The summed E-state index contributed by atoms with van der Waals surface area (Å²) in [5, 5.41) is 16.9. The average Bonchev–Trinajstić information content (AvgIpc) is 2.78. The monoisotopic (exact) mass is 288 g/mol. The lowest BCUT2D eigenvalue weighted by molar-refractivity contribution is -0.141. The van der Waals surface area contributed by atoms with Crippen LogP contribution in [0.2, 0.25) is 0 Å². The van der Waals surface area contributed by atoms with E-state index in [9.17, 15) is 13.2 Å². The van der Waals surface area contributed by atoms with Gasteiger partial charge in [-0.05, 0) is 26.7 Å². The number of carbonyl (C=O) groups is 1. The number of nitrogens with zero attached hydrogens (tertiary/aromatic N) is 2. The van der Waals surface area contributed by atoms with Crippen LogP contribution in [0.4, 0.5) is 0 Å². The summed E-state index contributed by atoms with van der Waals surface area (Å²) in [6.07, 6.45) is 1.52. The van der Waals surface area contributed by atoms with Crippen LogP contribution in [-0.2, 0) is 14.8 Å². The van der Waals surface area contributed by atoms with Crippen molar-refractivity contribution in [3.8, 4) is 6.07 Å². The van der Waals surface area contributed by atoms with Gasteiger partial charge < -0.3 is 5.11 Å². The molecule has 0 aromatic carbocycles. The summed E-state index contributed by atoms with van der Waals surface area (Å²) in [4.78, 5) is 11.1. The largest absolute Gasteiger partial charge is 0.481 e. The van der Waals surface area contributed by atoms with Crippen LogP contribution in [0.15, 0.2) is 0 Å². The second-order valence-electron chi connectivity index (χ2n) is 5.07. The van der Waals surface area contributed by atoms with Crippen LogP contribution in [-0.4, -0.2) is 41.6 Å². The first-order chi connectivity index (χ1) is 8.82. The van der Waals surface area contributed by atoms with Crippen molar-refractivity contribution < 1.29 is 18.3 Å². The van der Waals surface area contributed by atoms with E-state index in [0.29, 0.717) is 19.3 Å². The lowest BCUT2D eigenvalue weighted by Crippen LogP contribution is -2.45. The Morgan fingerprint density at radius 1 is 1.47 bits per heavy atom. The van der Waals surface area contributed by atoms with Crippen molar-refractivity contribution in [3.05, 3.63) is 0 Å². The third-order valence-electron chi connectivity index (χ3n) is 3.50. The first-order valence-electron chi connectivity index (χ1n) is 6.42. The number of aliphatic carboxylic acids is 1. The minimum absolute atomic E-state index is 0.113. The summed E-state index contributed by atoms with van der Waals surface area (Å²) in [6, 6.07) is 1.66. The van der Waals surface area contributed by atoms with Crippen molar-refractivity contribution in [2.24, 2.45) is 5.92 Å². The standard InChI is InChI=1S/C12H20N2O4S/c1-9(2)14(8-4-7-13)19(17,18)11-6-3-5-10(11)12(15)16/h9-11H,3-6,8H2,1-2H3,(H,15,16). The fourth-order valence-electron chi connectivity index (χ4n) is 2.58. The van der Waals surface area contributed by atoms with Gasteiger partial charge >= 0.3 is 5.97 Å². The third-order valence-corrected chi connectivity index (χ3v) is 6.09. The highest BCUT2D eigenvalue weighted by molar-refractivity contribution is 7.89. The molecule has 2 unspecified atom stereocenters. The van der Waals surface area contributed by atoms with Gasteiger partial charge in [-0.2, -0.15) is 9.57 Å². The van der Waals surface area contributed by atoms with E-state index in [1.807, 2.05) is 6.07 Å². The summed E-state index contributed by atoms with van der Waals surface area (Å²) in [6.45, 7) is 3.60. The zero-order valence-electron chi connectivity index (χ0n) is 11.2. The van der Waals surface area contributed by atoms with Gasteiger partial charge in [0, 0.05) is 19.0 Å². The van der Waals surface area contributed by atoms with Gasteiger partial charge in [0.1, 0.15) is 0 Å². The molecule has 1 rings (SSSR count). The molecule has 0 aliphatic heterocycles. The lowest BCUT2D eigenvalue weighted by Gasteiger charge is -2.29. The normalized spacial score (nSPS) is 23.7. The summed E-state index contributed by atoms with van der Waals surface area (Å²) in [5.74, 6) is -1.87. The Hall–Kier alpha value is -1.13. The van der Waals surface area contributed by atoms with Crippen LogP contribution in [0.3, 0.4) is 0 Å². The quantitative estimate of drug-likeness (QED) is 0.791. The molecule has 108 valence electrons. The van der Waals surface area contributed by atoms with E-state index in [1.54, 1.807) is 13.8 Å². The van der Waals surface area contributed by atoms with Crippen molar-refractivity contribution in [3.63, 3.8) is 0 Å². The van der Waals surface area contributed by atoms with E-state index in [1.165, 1.54) is 4.31 Å². The van der Waals surface area contributed by atoms with Gasteiger partial charge in [-0.15, -0.1) is 0 Å². The van der Waals surface area contributed by atoms with Crippen molar-refractivity contribution in [1.29, 1.82) is 5.26 Å². The molecule has 1 fully saturated rings. The summed E-state index contributed by atoms with van der Waals surface area (Å²) in [7, 11) is -3.67. The molecule has 2 atom stereocenters. The number of carboxylic acids is 1. The van der Waals surface area contributed by atoms with Crippen LogP contribution in [0.25, 0.3) is 0 Å². The average molecular weight is 288 g/mol. The number of hydrogen-bond donors (Lipinski definition) is 1. The predicted octanol–water partition coefficient (Wildman–Crippen LogP) is 1.19. The Balaban J connectivity index is 3.00. The van der Waals surface area contributed by atoms with Gasteiger partial charge in [0.2, 0.25) is 10.0 Å². The molecule has 0 aromatic heterocycles. The zero-order valence-corrected chi connectivity index (χ0v) is 12.1. The molecule has 0 saturated heterocycles. The second-order valence-corrected chi connectivity index (χ2v) is 7.18. The highest BCUT2D eigenvalue weighted by Crippen LogP contribution is 2.33. The van der Waals surface area contributed by atoms with E-state index >= 15 is 0 Å². The van der Waals surface area contributed by atoms with Crippen LogP contribution in [0, 0.1) is 17.2 Å². The van der Waals surface area contributed by atoms with Crippen molar-refractivity contribution >= 4 is 16.0 Å². The maximum absolute atomic E-state index is 12.5. The molecule has 19 heavy (non-hydrogen) atoms. The zero-order chi connectivity index (χ0) is 14.6. The second kappa shape index (κ2) is 6.35. The highest BCUT2D eigenvalue weighted by Gasteiger charge is 2.44. The van der Waals surface area contributed by atoms with Crippen LogP contribution in [0.1, 0.15) is 39.5 Å². The van der Waals surface area contributed by atoms with E-state index in [4.69, 9.17) is 10.4 Å². The number of rotatable bonds is 6. The number of carboxylic acid groups (broad SMARTS) is 1. The van der Waals surface area contributed by atoms with Crippen molar-refractivity contribution in [1.82, 2.24) is 4.31 Å². The summed E-state index contributed by atoms with van der Waals surface area (Å²) < 4.78 is 26.4. The van der Waals surface area contributed by atoms with Gasteiger partial charge in [-0.3, -0.25) is 4.79 Å². The van der Waals surface area contributed by atoms with Crippen molar-refractivity contribution in [2.75, 3.05) is 6.54 Å². The molecular weight excluding hydrogens is 268 g/mol. The topological polar surface area (TPSA) is 98.5 Å². The summed E-state index contributed by atoms with van der Waals surface area (Å²) in [5.41, 5.74) is 0. The molecule has 0 radical (unpaired) electrons. The van der Waals surface area contributed by atoms with Gasteiger partial charge in [0.15, 0.2) is 0 Å². The predicted molar refractivity (Wildman–Crippen MR) is 69.8 cm³/mol. The highest BCUT2D eigenvalue weighted by atomic mass is 32.2. The van der Waals surface area contributed by atoms with Crippen LogP contribution >= 0.6 is 0 Å². The van der Waals surface area contributed by atoms with Crippen LogP contribution in [0.5, 0.6) is 0 Å². The van der Waals surface area contributed by atoms with Crippen LogP contribution < -0.4 is 0 Å². The Labute approximate surface area is 114 Å². The molecule has 0 amide bonds. The maximum atomic E-state index is 12.5. The molecule has 6 nitrogen and oxygen atoms in total. The van der Waals surface area contributed by atoms with E-state index < -0.39 is 27.2 Å². The first-order valence-corrected chi connectivity index (χ1v) is 7.93. The molecule has 1 aliphatic rings. The van der Waals surface area contributed by atoms with E-state index in [0.717, 1.165) is 0 Å². The van der Waals surface area contributed by atoms with Gasteiger partial charge in [0.25, 0.3) is 0 Å². The minimum Gasteiger partial charge on any atom is -0.481 e. The van der Waals surface area contributed by atoms with Crippen molar-refractivity contribution in [2.45, 2.75) is 50.8 Å². The maximum Gasteiger partial charge on any atom is 0.307 e. The SMILES string of the molecule is CC(C)N(CCC#N)S(=O)(=O)C1CCCC1C(=O)O. The molecule has 1 saturated carbocycles. The molecule has 0 spiro atoms. The molecule has 0 heterocycles. The number of hydrogen-bond acceptors (Lipinski definition) is 4. The molecular formula is C12H20N2O4S. The third kappa shape index (κ3) is 3.45. The number of sulfonamides is 1.